The second-order valence-electron chi connectivity index (χ2n) is 4.56. The lowest BCUT2D eigenvalue weighted by Crippen LogP contribution is -2.32. The summed E-state index contributed by atoms with van der Waals surface area (Å²) in [5, 5.41) is 7.24. The largest absolute Gasteiger partial charge is 0.348 e. The molecule has 2 heterocycles. The summed E-state index contributed by atoms with van der Waals surface area (Å²) in [6.07, 6.45) is 8.02. The monoisotopic (exact) mass is 308 g/mol. The molecular formula is C12H13BrN4O. The minimum absolute atomic E-state index is 0.108. The third kappa shape index (κ3) is 2.25. The Kier molecular flexibility index (Phi) is 3.03. The van der Waals surface area contributed by atoms with Crippen molar-refractivity contribution < 1.29 is 4.79 Å². The molecule has 1 saturated carbocycles. The van der Waals surface area contributed by atoms with E-state index in [9.17, 15) is 4.79 Å². The second kappa shape index (κ2) is 4.68. The Morgan fingerprint density at radius 1 is 1.44 bits per heavy atom. The van der Waals surface area contributed by atoms with E-state index in [0.29, 0.717) is 17.4 Å². The fourth-order valence-electron chi connectivity index (χ4n) is 2.29. The third-order valence-corrected chi connectivity index (χ3v) is 3.61. The SMILES string of the molecule is O=C(NC1CCCC1)c1cc2ncc(Br)cn2n1. The summed E-state index contributed by atoms with van der Waals surface area (Å²) in [4.78, 5) is 16.2. The fourth-order valence-corrected chi connectivity index (χ4v) is 2.59. The van der Waals surface area contributed by atoms with E-state index in [0.717, 1.165) is 17.3 Å². The molecule has 2 aromatic rings. The third-order valence-electron chi connectivity index (χ3n) is 3.20. The molecule has 1 aliphatic rings. The summed E-state index contributed by atoms with van der Waals surface area (Å²) in [5.41, 5.74) is 1.10. The number of carbonyl (C=O) groups excluding carboxylic acids is 1. The van der Waals surface area contributed by atoms with Gasteiger partial charge in [-0.1, -0.05) is 12.8 Å². The van der Waals surface area contributed by atoms with Gasteiger partial charge in [0.15, 0.2) is 11.3 Å². The van der Waals surface area contributed by atoms with E-state index in [1.165, 1.54) is 12.8 Å². The Labute approximate surface area is 113 Å². The Morgan fingerprint density at radius 2 is 2.22 bits per heavy atom. The number of rotatable bonds is 2. The van der Waals surface area contributed by atoms with Crippen molar-refractivity contribution in [2.45, 2.75) is 31.7 Å². The molecule has 0 radical (unpaired) electrons. The molecule has 94 valence electrons. The molecule has 18 heavy (non-hydrogen) atoms. The number of halogens is 1. The molecule has 0 aliphatic heterocycles. The molecule has 0 atom stereocenters. The topological polar surface area (TPSA) is 59.3 Å². The van der Waals surface area contributed by atoms with Gasteiger partial charge in [-0.25, -0.2) is 9.50 Å². The average molecular weight is 309 g/mol. The van der Waals surface area contributed by atoms with Gasteiger partial charge in [-0.2, -0.15) is 5.10 Å². The molecular weight excluding hydrogens is 296 g/mol. The molecule has 0 aromatic carbocycles. The molecule has 0 unspecified atom stereocenters. The fraction of sp³-hybridized carbons (Fsp3) is 0.417. The number of nitrogens with one attached hydrogen (secondary N) is 1. The van der Waals surface area contributed by atoms with Crippen LogP contribution in [0.3, 0.4) is 0 Å². The maximum atomic E-state index is 12.0. The Bertz CT molecular complexity index is 589. The Balaban J connectivity index is 1.82. The van der Waals surface area contributed by atoms with Crippen LogP contribution in [-0.4, -0.2) is 26.5 Å². The molecule has 1 aliphatic carbocycles. The molecule has 0 saturated heterocycles. The van der Waals surface area contributed by atoms with Gasteiger partial charge in [-0.15, -0.1) is 0 Å². The minimum atomic E-state index is -0.108. The van der Waals surface area contributed by atoms with Crippen molar-refractivity contribution in [3.05, 3.63) is 28.6 Å². The normalized spacial score (nSPS) is 16.3. The van der Waals surface area contributed by atoms with Gasteiger partial charge in [-0.3, -0.25) is 4.79 Å². The first kappa shape index (κ1) is 11.6. The van der Waals surface area contributed by atoms with E-state index in [-0.39, 0.29) is 5.91 Å². The van der Waals surface area contributed by atoms with Crippen molar-refractivity contribution in [1.82, 2.24) is 19.9 Å². The van der Waals surface area contributed by atoms with Gasteiger partial charge < -0.3 is 5.32 Å². The van der Waals surface area contributed by atoms with Crippen LogP contribution >= 0.6 is 15.9 Å². The smallest absolute Gasteiger partial charge is 0.272 e. The van der Waals surface area contributed by atoms with Crippen LogP contribution in [0, 0.1) is 0 Å². The van der Waals surface area contributed by atoms with Crippen LogP contribution in [0.1, 0.15) is 36.2 Å². The lowest BCUT2D eigenvalue weighted by Gasteiger charge is -2.09. The van der Waals surface area contributed by atoms with E-state index in [2.05, 4.69) is 31.3 Å². The Morgan fingerprint density at radius 3 is 3.00 bits per heavy atom. The zero-order valence-electron chi connectivity index (χ0n) is 9.77. The molecule has 5 nitrogen and oxygen atoms in total. The number of carbonyl (C=O) groups is 1. The van der Waals surface area contributed by atoms with E-state index in [1.807, 2.05) is 0 Å². The predicted octanol–water partition coefficient (Wildman–Crippen LogP) is 2.16. The number of nitrogens with zero attached hydrogens (tertiary/aromatic N) is 3. The molecule has 0 bridgehead atoms. The highest BCUT2D eigenvalue weighted by molar-refractivity contribution is 9.10. The quantitative estimate of drug-likeness (QED) is 0.925. The number of amides is 1. The van der Waals surface area contributed by atoms with Crippen molar-refractivity contribution in [2.24, 2.45) is 0 Å². The van der Waals surface area contributed by atoms with Crippen LogP contribution in [0.5, 0.6) is 0 Å². The predicted molar refractivity (Wildman–Crippen MR) is 70.4 cm³/mol. The summed E-state index contributed by atoms with van der Waals surface area (Å²) in [5.74, 6) is -0.108. The zero-order valence-corrected chi connectivity index (χ0v) is 11.4. The van der Waals surface area contributed by atoms with Crippen molar-refractivity contribution in [2.75, 3.05) is 0 Å². The first-order valence-corrected chi connectivity index (χ1v) is 6.83. The van der Waals surface area contributed by atoms with E-state index < -0.39 is 0 Å². The van der Waals surface area contributed by atoms with Crippen LogP contribution in [-0.2, 0) is 0 Å². The molecule has 2 aromatic heterocycles. The Hall–Kier alpha value is -1.43. The van der Waals surface area contributed by atoms with Crippen LogP contribution < -0.4 is 5.32 Å². The van der Waals surface area contributed by atoms with Gasteiger partial charge in [0.2, 0.25) is 0 Å². The van der Waals surface area contributed by atoms with Crippen LogP contribution in [0.4, 0.5) is 0 Å². The highest BCUT2D eigenvalue weighted by Crippen LogP contribution is 2.18. The van der Waals surface area contributed by atoms with E-state index in [4.69, 9.17) is 0 Å². The van der Waals surface area contributed by atoms with Crippen molar-refractivity contribution in [1.29, 1.82) is 0 Å². The van der Waals surface area contributed by atoms with Gasteiger partial charge in [-0.05, 0) is 28.8 Å². The summed E-state index contributed by atoms with van der Waals surface area (Å²) in [6.45, 7) is 0. The lowest BCUT2D eigenvalue weighted by atomic mass is 10.2. The number of fused-ring (bicyclic) bond motifs is 1. The summed E-state index contributed by atoms with van der Waals surface area (Å²) < 4.78 is 2.44. The summed E-state index contributed by atoms with van der Waals surface area (Å²) in [7, 11) is 0. The standard InChI is InChI=1S/C12H13BrN4O/c13-8-6-14-11-5-10(16-17(11)7-8)12(18)15-9-3-1-2-4-9/h5-7,9H,1-4H2,(H,15,18). The molecule has 3 rings (SSSR count). The van der Waals surface area contributed by atoms with Gasteiger partial charge in [0, 0.05) is 24.5 Å². The van der Waals surface area contributed by atoms with Crippen LogP contribution in [0.2, 0.25) is 0 Å². The zero-order chi connectivity index (χ0) is 12.5. The highest BCUT2D eigenvalue weighted by atomic mass is 79.9. The maximum Gasteiger partial charge on any atom is 0.272 e. The van der Waals surface area contributed by atoms with Gasteiger partial charge in [0.05, 0.1) is 4.47 Å². The number of aromatic nitrogens is 3. The molecule has 1 N–H and O–H groups in total. The first-order valence-electron chi connectivity index (χ1n) is 6.04. The van der Waals surface area contributed by atoms with Crippen molar-refractivity contribution in [3.63, 3.8) is 0 Å². The summed E-state index contributed by atoms with van der Waals surface area (Å²) >= 11 is 3.33. The van der Waals surface area contributed by atoms with E-state index in [1.54, 1.807) is 23.0 Å². The van der Waals surface area contributed by atoms with Gasteiger partial charge in [0.25, 0.3) is 5.91 Å². The van der Waals surface area contributed by atoms with Gasteiger partial charge >= 0.3 is 0 Å². The van der Waals surface area contributed by atoms with E-state index >= 15 is 0 Å². The second-order valence-corrected chi connectivity index (χ2v) is 5.48. The highest BCUT2D eigenvalue weighted by Gasteiger charge is 2.19. The lowest BCUT2D eigenvalue weighted by molar-refractivity contribution is 0.0932. The van der Waals surface area contributed by atoms with Crippen LogP contribution in [0.15, 0.2) is 22.9 Å². The van der Waals surface area contributed by atoms with Crippen LogP contribution in [0.25, 0.3) is 5.65 Å². The number of hydrogen-bond acceptors (Lipinski definition) is 3. The maximum absolute atomic E-state index is 12.0. The average Bonchev–Trinajstić information content (AvgIpc) is 2.96. The first-order chi connectivity index (χ1) is 8.72. The summed E-state index contributed by atoms with van der Waals surface area (Å²) in [6, 6.07) is 2.01. The minimum Gasteiger partial charge on any atom is -0.348 e. The number of hydrogen-bond donors (Lipinski definition) is 1. The van der Waals surface area contributed by atoms with Crippen molar-refractivity contribution in [3.8, 4) is 0 Å². The molecule has 6 heteroatoms. The molecule has 1 amide bonds. The molecule has 0 spiro atoms. The van der Waals surface area contributed by atoms with Gasteiger partial charge in [0.1, 0.15) is 0 Å². The van der Waals surface area contributed by atoms with Crippen molar-refractivity contribution >= 4 is 27.5 Å². The molecule has 1 fully saturated rings.